The number of aromatic nitrogens is 1. The van der Waals surface area contributed by atoms with Gasteiger partial charge in [0, 0.05) is 18.9 Å². The Morgan fingerprint density at radius 1 is 1.60 bits per heavy atom. The van der Waals surface area contributed by atoms with E-state index in [4.69, 9.17) is 4.74 Å². The molecular formula is C9H10N2O4. The lowest BCUT2D eigenvalue weighted by molar-refractivity contribution is -0.386. The van der Waals surface area contributed by atoms with Gasteiger partial charge in [0.15, 0.2) is 0 Å². The van der Waals surface area contributed by atoms with Crippen LogP contribution in [0.5, 0.6) is 0 Å². The zero-order chi connectivity index (χ0) is 10.8. The van der Waals surface area contributed by atoms with Crippen LogP contribution in [-0.2, 0) is 4.74 Å². The first-order valence-electron chi connectivity index (χ1n) is 4.63. The van der Waals surface area contributed by atoms with Crippen molar-refractivity contribution in [3.05, 3.63) is 38.8 Å². The minimum Gasteiger partial charge on any atom is -0.379 e. The summed E-state index contributed by atoms with van der Waals surface area (Å²) in [6, 6.07) is 2.66. The van der Waals surface area contributed by atoms with Crippen molar-refractivity contribution in [2.75, 3.05) is 13.2 Å². The van der Waals surface area contributed by atoms with Gasteiger partial charge in [0.25, 0.3) is 0 Å². The molecule has 1 aromatic rings. The first-order valence-corrected chi connectivity index (χ1v) is 4.63. The fourth-order valence-corrected chi connectivity index (χ4v) is 1.67. The summed E-state index contributed by atoms with van der Waals surface area (Å²) in [4.78, 5) is 21.6. The lowest BCUT2D eigenvalue weighted by Gasteiger charge is -2.10. The minimum atomic E-state index is -0.658. The van der Waals surface area contributed by atoms with Gasteiger partial charge in [-0.25, -0.2) is 0 Å². The molecule has 1 unspecified atom stereocenters. The van der Waals surface area contributed by atoms with E-state index in [0.717, 1.165) is 6.42 Å². The van der Waals surface area contributed by atoms with E-state index < -0.39 is 10.5 Å². The molecular weight excluding hydrogens is 200 g/mol. The van der Waals surface area contributed by atoms with Crippen molar-refractivity contribution >= 4 is 5.69 Å². The number of nitro groups is 1. The number of pyridine rings is 1. The van der Waals surface area contributed by atoms with E-state index in [1.54, 1.807) is 6.20 Å². The van der Waals surface area contributed by atoms with Crippen LogP contribution in [0.15, 0.2) is 23.1 Å². The van der Waals surface area contributed by atoms with Gasteiger partial charge >= 0.3 is 11.2 Å². The van der Waals surface area contributed by atoms with Crippen molar-refractivity contribution in [2.24, 2.45) is 0 Å². The molecule has 0 bridgehead atoms. The molecule has 6 heteroatoms. The number of hydrogen-bond acceptors (Lipinski definition) is 4. The van der Waals surface area contributed by atoms with Crippen LogP contribution in [0.1, 0.15) is 12.5 Å². The summed E-state index contributed by atoms with van der Waals surface area (Å²) < 4.78 is 6.52. The molecule has 1 aromatic heterocycles. The summed E-state index contributed by atoms with van der Waals surface area (Å²) in [6.07, 6.45) is 2.29. The van der Waals surface area contributed by atoms with Crippen molar-refractivity contribution in [3.63, 3.8) is 0 Å². The average molecular weight is 210 g/mol. The van der Waals surface area contributed by atoms with E-state index in [1.807, 2.05) is 0 Å². The summed E-state index contributed by atoms with van der Waals surface area (Å²) >= 11 is 0. The van der Waals surface area contributed by atoms with Gasteiger partial charge in [0.05, 0.1) is 17.6 Å². The predicted octanol–water partition coefficient (Wildman–Crippen LogP) is 0.718. The van der Waals surface area contributed by atoms with Crippen molar-refractivity contribution < 1.29 is 9.66 Å². The Morgan fingerprint density at radius 3 is 3.00 bits per heavy atom. The van der Waals surface area contributed by atoms with Gasteiger partial charge in [-0.1, -0.05) is 0 Å². The molecule has 0 amide bonds. The Hall–Kier alpha value is -1.69. The van der Waals surface area contributed by atoms with Crippen LogP contribution < -0.4 is 5.56 Å². The Balaban J connectivity index is 2.44. The summed E-state index contributed by atoms with van der Waals surface area (Å²) in [6.45, 7) is 1.04. The molecule has 1 aliphatic rings. The van der Waals surface area contributed by atoms with Crippen LogP contribution in [0.4, 0.5) is 5.69 Å². The lowest BCUT2D eigenvalue weighted by atomic mass is 10.2. The van der Waals surface area contributed by atoms with Gasteiger partial charge < -0.3 is 9.30 Å². The number of hydrogen-bond donors (Lipinski definition) is 0. The van der Waals surface area contributed by atoms with Gasteiger partial charge in [-0.05, 0) is 12.5 Å². The highest BCUT2D eigenvalue weighted by Crippen LogP contribution is 2.17. The Kier molecular flexibility index (Phi) is 2.51. The van der Waals surface area contributed by atoms with E-state index >= 15 is 0 Å². The summed E-state index contributed by atoms with van der Waals surface area (Å²) in [5.41, 5.74) is -0.942. The molecule has 0 saturated carbocycles. The standard InChI is InChI=1S/C9H10N2O4/c12-9-8(11(13)14)2-1-4-10(9)7-3-5-15-6-7/h1-2,4,7H,3,5-6H2. The third kappa shape index (κ3) is 1.75. The van der Waals surface area contributed by atoms with E-state index in [-0.39, 0.29) is 11.7 Å². The maximum atomic E-state index is 11.7. The van der Waals surface area contributed by atoms with Crippen molar-refractivity contribution in [3.8, 4) is 0 Å². The molecule has 80 valence electrons. The zero-order valence-corrected chi connectivity index (χ0v) is 7.96. The van der Waals surface area contributed by atoms with Crippen LogP contribution in [0.25, 0.3) is 0 Å². The topological polar surface area (TPSA) is 74.4 Å². The van der Waals surface area contributed by atoms with Crippen LogP contribution in [0, 0.1) is 10.1 Å². The van der Waals surface area contributed by atoms with E-state index in [0.29, 0.717) is 13.2 Å². The largest absolute Gasteiger partial charge is 0.379 e. The molecule has 2 rings (SSSR count). The van der Waals surface area contributed by atoms with Crippen LogP contribution in [0.2, 0.25) is 0 Å². The third-order valence-electron chi connectivity index (χ3n) is 2.45. The van der Waals surface area contributed by atoms with Gasteiger partial charge in [0.2, 0.25) is 0 Å². The molecule has 1 saturated heterocycles. The molecule has 6 nitrogen and oxygen atoms in total. The van der Waals surface area contributed by atoms with Crippen molar-refractivity contribution in [1.82, 2.24) is 4.57 Å². The highest BCUT2D eigenvalue weighted by atomic mass is 16.6. The highest BCUT2D eigenvalue weighted by Gasteiger charge is 2.22. The van der Waals surface area contributed by atoms with E-state index in [9.17, 15) is 14.9 Å². The predicted molar refractivity (Wildman–Crippen MR) is 51.8 cm³/mol. The van der Waals surface area contributed by atoms with E-state index in [2.05, 4.69) is 0 Å². The van der Waals surface area contributed by atoms with Crippen molar-refractivity contribution in [1.29, 1.82) is 0 Å². The molecule has 0 aliphatic carbocycles. The normalized spacial score (nSPS) is 20.4. The molecule has 1 aliphatic heterocycles. The maximum Gasteiger partial charge on any atom is 0.334 e. The molecule has 15 heavy (non-hydrogen) atoms. The summed E-state index contributed by atoms with van der Waals surface area (Å²) in [5, 5.41) is 10.5. The molecule has 0 aromatic carbocycles. The molecule has 1 atom stereocenters. The number of ether oxygens (including phenoxy) is 1. The second kappa shape index (κ2) is 3.82. The van der Waals surface area contributed by atoms with Crippen LogP contribution in [-0.4, -0.2) is 22.7 Å². The molecule has 0 spiro atoms. The number of rotatable bonds is 2. The number of nitrogens with zero attached hydrogens (tertiary/aromatic N) is 2. The fourth-order valence-electron chi connectivity index (χ4n) is 1.67. The quantitative estimate of drug-likeness (QED) is 0.532. The van der Waals surface area contributed by atoms with Gasteiger partial charge in [-0.2, -0.15) is 0 Å². The van der Waals surface area contributed by atoms with Gasteiger partial charge in [-0.15, -0.1) is 0 Å². The average Bonchev–Trinajstić information content (AvgIpc) is 2.70. The highest BCUT2D eigenvalue weighted by molar-refractivity contribution is 5.25. The molecule has 2 heterocycles. The maximum absolute atomic E-state index is 11.7. The lowest BCUT2D eigenvalue weighted by Crippen LogP contribution is -2.26. The SMILES string of the molecule is O=c1c([N+](=O)[O-])cccn1C1CCOC1. The second-order valence-corrected chi connectivity index (χ2v) is 3.38. The summed E-state index contributed by atoms with van der Waals surface area (Å²) in [5.74, 6) is 0. The van der Waals surface area contributed by atoms with Gasteiger partial charge in [0.1, 0.15) is 0 Å². The first-order chi connectivity index (χ1) is 7.20. The Morgan fingerprint density at radius 2 is 2.40 bits per heavy atom. The minimum absolute atomic E-state index is 0.0719. The van der Waals surface area contributed by atoms with E-state index in [1.165, 1.54) is 16.7 Å². The molecule has 1 fully saturated rings. The van der Waals surface area contributed by atoms with Crippen molar-refractivity contribution in [2.45, 2.75) is 12.5 Å². The molecule has 0 radical (unpaired) electrons. The second-order valence-electron chi connectivity index (χ2n) is 3.38. The molecule has 0 N–H and O–H groups in total. The zero-order valence-electron chi connectivity index (χ0n) is 7.96. The summed E-state index contributed by atoms with van der Waals surface area (Å²) in [7, 11) is 0. The fraction of sp³-hybridized carbons (Fsp3) is 0.444. The first kappa shape index (κ1) is 9.85. The smallest absolute Gasteiger partial charge is 0.334 e. The monoisotopic (exact) mass is 210 g/mol. The Labute approximate surface area is 85.2 Å². The van der Waals surface area contributed by atoms with Crippen LogP contribution in [0.3, 0.4) is 0 Å². The Bertz CT molecular complexity index is 434. The van der Waals surface area contributed by atoms with Crippen LogP contribution >= 0.6 is 0 Å². The third-order valence-corrected chi connectivity index (χ3v) is 2.45. The van der Waals surface area contributed by atoms with Gasteiger partial charge in [-0.3, -0.25) is 14.9 Å².